The van der Waals surface area contributed by atoms with Crippen LogP contribution in [0, 0.1) is 5.92 Å². The van der Waals surface area contributed by atoms with Crippen molar-refractivity contribution in [2.75, 3.05) is 0 Å². The van der Waals surface area contributed by atoms with Gasteiger partial charge in [0.15, 0.2) is 5.82 Å². The van der Waals surface area contributed by atoms with Crippen molar-refractivity contribution in [3.05, 3.63) is 11.7 Å². The summed E-state index contributed by atoms with van der Waals surface area (Å²) in [6.45, 7) is 4.34. The van der Waals surface area contributed by atoms with E-state index in [0.29, 0.717) is 5.92 Å². The van der Waals surface area contributed by atoms with Crippen LogP contribution in [0.15, 0.2) is 4.52 Å². The quantitative estimate of drug-likeness (QED) is 0.765. The molecule has 0 unspecified atom stereocenters. The molecule has 1 aromatic rings. The average Bonchev–Trinajstić information content (AvgIpc) is 2.78. The summed E-state index contributed by atoms with van der Waals surface area (Å²) < 4.78 is 5.30. The van der Waals surface area contributed by atoms with E-state index in [4.69, 9.17) is 4.52 Å². The fraction of sp³-hybridized carbons (Fsp3) is 0.833. The summed E-state index contributed by atoms with van der Waals surface area (Å²) in [6.07, 6.45) is 7.29. The highest BCUT2D eigenvalue weighted by molar-refractivity contribution is 4.96. The second-order valence-corrected chi connectivity index (χ2v) is 4.53. The lowest BCUT2D eigenvalue weighted by atomic mass is 9.81. The van der Waals surface area contributed by atoms with Crippen molar-refractivity contribution in [2.24, 2.45) is 5.92 Å². The minimum absolute atomic E-state index is 0.528. The summed E-state index contributed by atoms with van der Waals surface area (Å²) in [6, 6.07) is 0. The van der Waals surface area contributed by atoms with Gasteiger partial charge in [-0.15, -0.1) is 0 Å². The molecule has 2 rings (SSSR count). The Labute approximate surface area is 91.3 Å². The zero-order chi connectivity index (χ0) is 10.7. The van der Waals surface area contributed by atoms with Crippen molar-refractivity contribution < 1.29 is 4.52 Å². The average molecular weight is 208 g/mol. The lowest BCUT2D eigenvalue weighted by Gasteiger charge is -2.25. The molecule has 1 aromatic heterocycles. The fourth-order valence-electron chi connectivity index (χ4n) is 2.39. The number of aryl methyl sites for hydroxylation is 1. The summed E-state index contributed by atoms with van der Waals surface area (Å²) in [5.74, 6) is 3.18. The summed E-state index contributed by atoms with van der Waals surface area (Å²) in [4.78, 5) is 4.43. The van der Waals surface area contributed by atoms with Crippen LogP contribution in [0.25, 0.3) is 0 Å². The minimum Gasteiger partial charge on any atom is -0.339 e. The minimum atomic E-state index is 0.528. The predicted molar refractivity (Wildman–Crippen MR) is 58.7 cm³/mol. The zero-order valence-corrected chi connectivity index (χ0v) is 9.70. The van der Waals surface area contributed by atoms with Gasteiger partial charge in [0.1, 0.15) is 0 Å². The predicted octanol–water partition coefficient (Wildman–Crippen LogP) is 3.32. The molecule has 0 saturated heterocycles. The van der Waals surface area contributed by atoms with Gasteiger partial charge < -0.3 is 4.52 Å². The molecule has 15 heavy (non-hydrogen) atoms. The Morgan fingerprint density at radius 1 is 1.20 bits per heavy atom. The van der Waals surface area contributed by atoms with E-state index in [1.54, 1.807) is 0 Å². The molecule has 1 aliphatic carbocycles. The maximum absolute atomic E-state index is 5.30. The van der Waals surface area contributed by atoms with E-state index in [1.165, 1.54) is 32.1 Å². The van der Waals surface area contributed by atoms with Crippen molar-refractivity contribution in [1.82, 2.24) is 10.1 Å². The Hall–Kier alpha value is -0.860. The second-order valence-electron chi connectivity index (χ2n) is 4.53. The summed E-state index contributed by atoms with van der Waals surface area (Å²) >= 11 is 0. The largest absolute Gasteiger partial charge is 0.339 e. The zero-order valence-electron chi connectivity index (χ0n) is 9.70. The standard InChI is InChI=1S/C12H20N2O/c1-3-9-5-7-10(8-6-9)12-13-11(4-2)14-15-12/h9-10H,3-8H2,1-2H3/t9-,10-. The third-order valence-electron chi connectivity index (χ3n) is 3.57. The van der Waals surface area contributed by atoms with Gasteiger partial charge in [-0.1, -0.05) is 25.4 Å². The molecule has 0 aromatic carbocycles. The second kappa shape index (κ2) is 4.77. The van der Waals surface area contributed by atoms with Crippen LogP contribution in [0.4, 0.5) is 0 Å². The summed E-state index contributed by atoms with van der Waals surface area (Å²) in [7, 11) is 0. The van der Waals surface area contributed by atoms with Crippen molar-refractivity contribution in [3.8, 4) is 0 Å². The maximum atomic E-state index is 5.30. The molecule has 1 heterocycles. The molecule has 0 aliphatic heterocycles. The summed E-state index contributed by atoms with van der Waals surface area (Å²) in [5, 5.41) is 3.96. The molecule has 1 aliphatic rings. The molecule has 3 nitrogen and oxygen atoms in total. The first-order valence-electron chi connectivity index (χ1n) is 6.16. The van der Waals surface area contributed by atoms with Gasteiger partial charge >= 0.3 is 0 Å². The number of aromatic nitrogens is 2. The highest BCUT2D eigenvalue weighted by Gasteiger charge is 2.25. The van der Waals surface area contributed by atoms with Crippen LogP contribution in [-0.2, 0) is 6.42 Å². The van der Waals surface area contributed by atoms with Gasteiger partial charge in [0.25, 0.3) is 0 Å². The highest BCUT2D eigenvalue weighted by atomic mass is 16.5. The molecule has 0 amide bonds. The third kappa shape index (κ3) is 2.39. The SMILES string of the molecule is CCc1noc([C@H]2CC[C@H](CC)CC2)n1. The number of rotatable bonds is 3. The van der Waals surface area contributed by atoms with Gasteiger partial charge in [-0.3, -0.25) is 0 Å². The highest BCUT2D eigenvalue weighted by Crippen LogP contribution is 2.36. The third-order valence-corrected chi connectivity index (χ3v) is 3.57. The normalized spacial score (nSPS) is 26.8. The molecule has 84 valence electrons. The molecular formula is C12H20N2O. The first-order chi connectivity index (χ1) is 7.33. The molecule has 0 N–H and O–H groups in total. The van der Waals surface area contributed by atoms with Crippen LogP contribution in [-0.4, -0.2) is 10.1 Å². The van der Waals surface area contributed by atoms with Gasteiger partial charge in [0.05, 0.1) is 0 Å². The van der Waals surface area contributed by atoms with E-state index in [0.717, 1.165) is 24.1 Å². The molecule has 0 atom stereocenters. The Bertz CT molecular complexity index is 300. The molecular weight excluding hydrogens is 188 g/mol. The van der Waals surface area contributed by atoms with E-state index in [2.05, 4.69) is 24.0 Å². The molecule has 1 saturated carbocycles. The molecule has 3 heteroatoms. The van der Waals surface area contributed by atoms with Gasteiger partial charge in [-0.25, -0.2) is 0 Å². The van der Waals surface area contributed by atoms with Crippen LogP contribution < -0.4 is 0 Å². The van der Waals surface area contributed by atoms with Crippen molar-refractivity contribution in [3.63, 3.8) is 0 Å². The van der Waals surface area contributed by atoms with E-state index >= 15 is 0 Å². The first kappa shape index (κ1) is 10.7. The Balaban J connectivity index is 1.95. The Morgan fingerprint density at radius 3 is 2.47 bits per heavy atom. The van der Waals surface area contributed by atoms with Crippen LogP contribution in [0.3, 0.4) is 0 Å². The lowest BCUT2D eigenvalue weighted by molar-refractivity contribution is 0.267. The number of hydrogen-bond donors (Lipinski definition) is 0. The lowest BCUT2D eigenvalue weighted by Crippen LogP contribution is -2.12. The van der Waals surface area contributed by atoms with Crippen molar-refractivity contribution in [2.45, 2.75) is 58.3 Å². The van der Waals surface area contributed by atoms with Gasteiger partial charge in [0, 0.05) is 12.3 Å². The van der Waals surface area contributed by atoms with E-state index in [9.17, 15) is 0 Å². The van der Waals surface area contributed by atoms with Crippen LogP contribution in [0.2, 0.25) is 0 Å². The molecule has 1 fully saturated rings. The van der Waals surface area contributed by atoms with E-state index in [1.807, 2.05) is 0 Å². The van der Waals surface area contributed by atoms with Crippen LogP contribution in [0.1, 0.15) is 63.6 Å². The first-order valence-corrected chi connectivity index (χ1v) is 6.16. The maximum Gasteiger partial charge on any atom is 0.229 e. The number of hydrogen-bond acceptors (Lipinski definition) is 3. The summed E-state index contributed by atoms with van der Waals surface area (Å²) in [5.41, 5.74) is 0. The molecule has 0 radical (unpaired) electrons. The van der Waals surface area contributed by atoms with Crippen LogP contribution in [0.5, 0.6) is 0 Å². The van der Waals surface area contributed by atoms with Crippen molar-refractivity contribution in [1.29, 1.82) is 0 Å². The topological polar surface area (TPSA) is 38.9 Å². The Morgan fingerprint density at radius 2 is 1.93 bits per heavy atom. The van der Waals surface area contributed by atoms with Crippen LogP contribution >= 0.6 is 0 Å². The monoisotopic (exact) mass is 208 g/mol. The van der Waals surface area contributed by atoms with E-state index in [-0.39, 0.29) is 0 Å². The fourth-order valence-corrected chi connectivity index (χ4v) is 2.39. The molecule has 0 spiro atoms. The van der Waals surface area contributed by atoms with Gasteiger partial charge in [-0.2, -0.15) is 4.98 Å². The Kier molecular flexibility index (Phi) is 3.39. The van der Waals surface area contributed by atoms with Gasteiger partial charge in [-0.05, 0) is 31.6 Å². The van der Waals surface area contributed by atoms with E-state index < -0.39 is 0 Å². The molecule has 0 bridgehead atoms. The number of nitrogens with zero attached hydrogens (tertiary/aromatic N) is 2. The van der Waals surface area contributed by atoms with Gasteiger partial charge in [0.2, 0.25) is 5.89 Å². The smallest absolute Gasteiger partial charge is 0.229 e. The van der Waals surface area contributed by atoms with Crippen molar-refractivity contribution >= 4 is 0 Å².